The van der Waals surface area contributed by atoms with Crippen LogP contribution in [0.3, 0.4) is 0 Å². The Bertz CT molecular complexity index is 836. The lowest BCUT2D eigenvalue weighted by Gasteiger charge is -2.17. The number of amides is 2. The molecule has 0 atom stereocenters. The van der Waals surface area contributed by atoms with Gasteiger partial charge in [0, 0.05) is 16.7 Å². The minimum absolute atomic E-state index is 0.00767. The Kier molecular flexibility index (Phi) is 5.92. The summed E-state index contributed by atoms with van der Waals surface area (Å²) in [5.41, 5.74) is 1.91. The first-order valence-electron chi connectivity index (χ1n) is 8.67. The van der Waals surface area contributed by atoms with Crippen LogP contribution < -0.4 is 4.90 Å². The van der Waals surface area contributed by atoms with Crippen molar-refractivity contribution in [3.8, 4) is 0 Å². The summed E-state index contributed by atoms with van der Waals surface area (Å²) < 4.78 is 10.0. The monoisotopic (exact) mass is 407 g/mol. The van der Waals surface area contributed by atoms with E-state index >= 15 is 0 Å². The molecule has 1 heterocycles. The molecule has 0 bridgehead atoms. The topological polar surface area (TPSA) is 72.9 Å². The van der Waals surface area contributed by atoms with Gasteiger partial charge in [0.1, 0.15) is 0 Å². The first-order valence-corrected chi connectivity index (χ1v) is 9.45. The average Bonchev–Trinajstić information content (AvgIpc) is 2.92. The Hall–Kier alpha value is -2.25. The van der Waals surface area contributed by atoms with Gasteiger partial charge in [0.25, 0.3) is 11.8 Å². The van der Waals surface area contributed by atoms with E-state index < -0.39 is 5.97 Å². The molecule has 0 fully saturated rings. The highest BCUT2D eigenvalue weighted by Gasteiger charge is 2.39. The molecule has 142 valence electrons. The molecule has 0 radical (unpaired) electrons. The third kappa shape index (κ3) is 3.89. The van der Waals surface area contributed by atoms with Gasteiger partial charge >= 0.3 is 5.97 Å². The van der Waals surface area contributed by atoms with E-state index in [0.717, 1.165) is 17.7 Å². The molecule has 1 aliphatic heterocycles. The number of thiocarbonyl (C=S) groups is 1. The molecule has 0 N–H and O–H groups in total. The maximum atomic E-state index is 12.7. The maximum Gasteiger partial charge on any atom is 0.344 e. The molecular formula is C19H18ClNO5S. The van der Waals surface area contributed by atoms with Gasteiger partial charge in [0.2, 0.25) is 0 Å². The second-order valence-electron chi connectivity index (χ2n) is 6.16. The molecule has 0 unspecified atom stereocenters. The maximum absolute atomic E-state index is 12.7. The summed E-state index contributed by atoms with van der Waals surface area (Å²) in [7, 11) is 0. The Morgan fingerprint density at radius 3 is 2.37 bits per heavy atom. The second kappa shape index (κ2) is 8.19. The van der Waals surface area contributed by atoms with E-state index in [1.54, 1.807) is 19.1 Å². The number of hydrogen-bond donors (Lipinski definition) is 0. The van der Waals surface area contributed by atoms with Crippen LogP contribution in [0.2, 0.25) is 5.02 Å². The van der Waals surface area contributed by atoms with Crippen molar-refractivity contribution < 1.29 is 23.9 Å². The van der Waals surface area contributed by atoms with Crippen LogP contribution >= 0.6 is 23.8 Å². The number of carbonyl (C=O) groups excluding carboxylic acids is 3. The zero-order chi connectivity index (χ0) is 19.6. The molecule has 1 aromatic rings. The Labute approximate surface area is 167 Å². The fraction of sp³-hybridized carbons (Fsp3) is 0.368. The molecule has 27 heavy (non-hydrogen) atoms. The highest BCUT2D eigenvalue weighted by Crippen LogP contribution is 2.36. The quantitative estimate of drug-likeness (QED) is 0.423. The fourth-order valence-corrected chi connectivity index (χ4v) is 3.67. The first kappa shape index (κ1) is 19.5. The minimum Gasteiger partial charge on any atom is -0.471 e. The van der Waals surface area contributed by atoms with E-state index in [1.807, 2.05) is 0 Å². The van der Waals surface area contributed by atoms with Crippen LogP contribution in [0.5, 0.6) is 0 Å². The Morgan fingerprint density at radius 2 is 1.78 bits per heavy atom. The van der Waals surface area contributed by atoms with Crippen LogP contribution in [0.25, 0.3) is 0 Å². The molecular weight excluding hydrogens is 390 g/mol. The van der Waals surface area contributed by atoms with Gasteiger partial charge in [-0.05, 0) is 63.0 Å². The van der Waals surface area contributed by atoms with E-state index in [4.69, 9.17) is 33.3 Å². The van der Waals surface area contributed by atoms with Crippen molar-refractivity contribution in [1.82, 2.24) is 0 Å². The van der Waals surface area contributed by atoms with Crippen molar-refractivity contribution in [3.63, 3.8) is 0 Å². The third-order valence-corrected chi connectivity index (χ3v) is 5.11. The summed E-state index contributed by atoms with van der Waals surface area (Å²) in [4.78, 5) is 38.0. The summed E-state index contributed by atoms with van der Waals surface area (Å²) in [6, 6.07) is 4.67. The van der Waals surface area contributed by atoms with Gasteiger partial charge in [-0.3, -0.25) is 9.59 Å². The lowest BCUT2D eigenvalue weighted by atomic mass is 9.93. The van der Waals surface area contributed by atoms with E-state index in [9.17, 15) is 14.4 Å². The third-order valence-electron chi connectivity index (χ3n) is 4.44. The number of anilines is 1. The van der Waals surface area contributed by atoms with E-state index in [2.05, 4.69) is 0 Å². The number of esters is 1. The number of rotatable bonds is 5. The number of ether oxygens (including phenoxy) is 2. The molecule has 8 heteroatoms. The molecule has 6 nitrogen and oxygen atoms in total. The van der Waals surface area contributed by atoms with Gasteiger partial charge in [-0.25, -0.2) is 9.69 Å². The minimum atomic E-state index is -0.547. The molecule has 0 saturated carbocycles. The van der Waals surface area contributed by atoms with Crippen molar-refractivity contribution in [2.45, 2.75) is 32.6 Å². The number of halogens is 1. The summed E-state index contributed by atoms with van der Waals surface area (Å²) >= 11 is 11.4. The molecule has 0 aromatic heterocycles. The highest BCUT2D eigenvalue weighted by atomic mass is 35.5. The van der Waals surface area contributed by atoms with Gasteiger partial charge in [-0.15, -0.1) is 0 Å². The molecule has 2 aliphatic rings. The number of nitrogens with zero attached hydrogens (tertiary/aromatic N) is 1. The van der Waals surface area contributed by atoms with Crippen LogP contribution in [0.1, 0.15) is 38.2 Å². The van der Waals surface area contributed by atoms with Crippen molar-refractivity contribution in [1.29, 1.82) is 0 Å². The van der Waals surface area contributed by atoms with Crippen LogP contribution in [0.4, 0.5) is 5.69 Å². The number of carbonyl (C=O) groups is 3. The van der Waals surface area contributed by atoms with Crippen molar-refractivity contribution in [3.05, 3.63) is 39.9 Å². The van der Waals surface area contributed by atoms with Gasteiger partial charge < -0.3 is 9.47 Å². The van der Waals surface area contributed by atoms with Crippen LogP contribution in [0.15, 0.2) is 29.3 Å². The fourth-order valence-electron chi connectivity index (χ4n) is 3.19. The first-order chi connectivity index (χ1) is 12.9. The molecule has 2 amide bonds. The summed E-state index contributed by atoms with van der Waals surface area (Å²) in [6.07, 6.45) is 3.06. The number of benzene rings is 1. The molecule has 0 spiro atoms. The van der Waals surface area contributed by atoms with Crippen molar-refractivity contribution in [2.24, 2.45) is 0 Å². The number of hydrogen-bond acceptors (Lipinski definition) is 6. The molecule has 3 rings (SSSR count). The van der Waals surface area contributed by atoms with Gasteiger partial charge in [0.15, 0.2) is 11.7 Å². The van der Waals surface area contributed by atoms with E-state index in [-0.39, 0.29) is 30.1 Å². The lowest BCUT2D eigenvalue weighted by molar-refractivity contribution is -0.145. The van der Waals surface area contributed by atoms with Crippen LogP contribution in [0, 0.1) is 0 Å². The average molecular weight is 408 g/mol. The van der Waals surface area contributed by atoms with Crippen molar-refractivity contribution >= 4 is 52.3 Å². The highest BCUT2D eigenvalue weighted by molar-refractivity contribution is 7.80. The van der Waals surface area contributed by atoms with Gasteiger partial charge in [-0.2, -0.15) is 0 Å². The predicted octanol–water partition coefficient (Wildman–Crippen LogP) is 3.34. The predicted molar refractivity (Wildman–Crippen MR) is 104 cm³/mol. The normalized spacial score (nSPS) is 16.4. The number of imide groups is 1. The Morgan fingerprint density at radius 1 is 1.15 bits per heavy atom. The second-order valence-corrected chi connectivity index (χ2v) is 6.93. The smallest absolute Gasteiger partial charge is 0.344 e. The van der Waals surface area contributed by atoms with Gasteiger partial charge in [-0.1, -0.05) is 11.6 Å². The largest absolute Gasteiger partial charge is 0.471 e. The van der Waals surface area contributed by atoms with Crippen LogP contribution in [-0.2, 0) is 23.9 Å². The Balaban J connectivity index is 1.82. The van der Waals surface area contributed by atoms with Crippen molar-refractivity contribution in [2.75, 3.05) is 18.1 Å². The summed E-state index contributed by atoms with van der Waals surface area (Å²) in [6.45, 7) is 1.58. The summed E-state index contributed by atoms with van der Waals surface area (Å²) in [5, 5.41) is 0.288. The molecule has 0 saturated heterocycles. The van der Waals surface area contributed by atoms with Crippen LogP contribution in [-0.4, -0.2) is 36.0 Å². The SMILES string of the molecule is CCOC(=O)COC(=S)c1cc(N2C(=O)C3=C(CCCC3)C2=O)ccc1Cl. The summed E-state index contributed by atoms with van der Waals surface area (Å²) in [5.74, 6) is -1.13. The van der Waals surface area contributed by atoms with E-state index in [0.29, 0.717) is 40.3 Å². The molecule has 1 aromatic carbocycles. The standard InChI is InChI=1S/C19H18ClNO5S/c1-2-25-16(22)10-26-19(27)14-9-11(7-8-15(14)20)21-17(23)12-5-3-4-6-13(12)18(21)24/h7-9H,2-6,10H2,1H3. The van der Waals surface area contributed by atoms with E-state index in [1.165, 1.54) is 6.07 Å². The zero-order valence-corrected chi connectivity index (χ0v) is 16.3. The lowest BCUT2D eigenvalue weighted by Crippen LogP contribution is -2.31. The van der Waals surface area contributed by atoms with Gasteiger partial charge in [0.05, 0.1) is 17.3 Å². The molecule has 1 aliphatic carbocycles. The zero-order valence-electron chi connectivity index (χ0n) is 14.7.